The van der Waals surface area contributed by atoms with Gasteiger partial charge in [-0.3, -0.25) is 9.59 Å². The van der Waals surface area contributed by atoms with E-state index in [0.29, 0.717) is 24.3 Å². The van der Waals surface area contributed by atoms with E-state index >= 15 is 0 Å². The molecule has 0 radical (unpaired) electrons. The van der Waals surface area contributed by atoms with Gasteiger partial charge in [0.2, 0.25) is 0 Å². The molecule has 18 heavy (non-hydrogen) atoms. The highest BCUT2D eigenvalue weighted by atomic mass is 16.3. The Labute approximate surface area is 105 Å². The first-order chi connectivity index (χ1) is 8.67. The topological polar surface area (TPSA) is 69.6 Å². The summed E-state index contributed by atoms with van der Waals surface area (Å²) in [5.41, 5.74) is 1.75. The van der Waals surface area contributed by atoms with Crippen LogP contribution in [0.4, 0.5) is 11.4 Å². The van der Waals surface area contributed by atoms with E-state index in [9.17, 15) is 9.59 Å². The van der Waals surface area contributed by atoms with E-state index in [1.165, 1.54) is 0 Å². The summed E-state index contributed by atoms with van der Waals surface area (Å²) < 4.78 is 0. The molecule has 2 rings (SSSR count). The molecule has 1 aromatic carbocycles. The van der Waals surface area contributed by atoms with Gasteiger partial charge in [0.1, 0.15) is 0 Å². The van der Waals surface area contributed by atoms with Crippen molar-refractivity contribution in [2.75, 3.05) is 29.9 Å². The summed E-state index contributed by atoms with van der Waals surface area (Å²) in [5, 5.41) is 11.5. The Morgan fingerprint density at radius 1 is 1.39 bits per heavy atom. The van der Waals surface area contributed by atoms with Crippen LogP contribution in [0.1, 0.15) is 10.4 Å². The largest absolute Gasteiger partial charge is 0.395 e. The Balaban J connectivity index is 2.31. The fraction of sp³-hybridized carbons (Fsp3) is 0.231. The number of hydrogen-bond donors (Lipinski definition) is 2. The number of nitrogens with one attached hydrogen (secondary N) is 1. The van der Waals surface area contributed by atoms with Crippen LogP contribution >= 0.6 is 0 Å². The van der Waals surface area contributed by atoms with E-state index < -0.39 is 11.7 Å². The number of carbonyl (C=O) groups is 2. The van der Waals surface area contributed by atoms with Gasteiger partial charge in [-0.1, -0.05) is 6.08 Å². The molecule has 0 spiro atoms. The lowest BCUT2D eigenvalue weighted by atomic mass is 10.1. The highest BCUT2D eigenvalue weighted by Gasteiger charge is 2.28. The van der Waals surface area contributed by atoms with Gasteiger partial charge < -0.3 is 15.3 Å². The number of fused-ring (bicyclic) bond motifs is 1. The van der Waals surface area contributed by atoms with Gasteiger partial charge in [0, 0.05) is 18.8 Å². The van der Waals surface area contributed by atoms with Crippen molar-refractivity contribution in [1.82, 2.24) is 0 Å². The average Bonchev–Trinajstić information content (AvgIpc) is 2.64. The number of carbonyl (C=O) groups excluding carboxylic acids is 2. The Morgan fingerprint density at radius 2 is 2.17 bits per heavy atom. The molecule has 1 amide bonds. The van der Waals surface area contributed by atoms with E-state index in [1.807, 2.05) is 4.90 Å². The van der Waals surface area contributed by atoms with Crippen molar-refractivity contribution in [3.05, 3.63) is 36.4 Å². The molecule has 0 bridgehead atoms. The summed E-state index contributed by atoms with van der Waals surface area (Å²) in [6.07, 6.45) is 1.73. The SMILES string of the molecule is C=CCN(CCO)c1ccc2c(c1)NC(=O)C2=O. The number of anilines is 2. The van der Waals surface area contributed by atoms with Crippen LogP contribution < -0.4 is 10.2 Å². The lowest BCUT2D eigenvalue weighted by molar-refractivity contribution is -0.112. The lowest BCUT2D eigenvalue weighted by Crippen LogP contribution is -2.26. The predicted octanol–water partition coefficient (Wildman–Crippen LogP) is 0.806. The van der Waals surface area contributed by atoms with E-state index in [0.717, 1.165) is 5.69 Å². The van der Waals surface area contributed by atoms with E-state index in [-0.39, 0.29) is 6.61 Å². The number of rotatable bonds is 5. The molecule has 0 saturated carbocycles. The van der Waals surface area contributed by atoms with Crippen LogP contribution in [0.25, 0.3) is 0 Å². The van der Waals surface area contributed by atoms with Crippen molar-refractivity contribution in [3.8, 4) is 0 Å². The van der Waals surface area contributed by atoms with E-state index in [4.69, 9.17) is 5.11 Å². The number of Topliss-reactive ketones (excluding diaryl/α,β-unsaturated/α-hetero) is 1. The second-order valence-corrected chi connectivity index (χ2v) is 3.97. The Morgan fingerprint density at radius 3 is 2.83 bits per heavy atom. The molecule has 1 aliphatic rings. The molecule has 2 N–H and O–H groups in total. The first kappa shape index (κ1) is 12.3. The second-order valence-electron chi connectivity index (χ2n) is 3.97. The molecule has 1 aromatic rings. The maximum atomic E-state index is 11.4. The normalized spacial score (nSPS) is 13.2. The van der Waals surface area contributed by atoms with Crippen LogP contribution in [0.3, 0.4) is 0 Å². The maximum absolute atomic E-state index is 11.4. The van der Waals surface area contributed by atoms with Crippen molar-refractivity contribution in [3.63, 3.8) is 0 Å². The Kier molecular flexibility index (Phi) is 3.43. The lowest BCUT2D eigenvalue weighted by Gasteiger charge is -2.22. The van der Waals surface area contributed by atoms with Crippen LogP contribution in [0, 0.1) is 0 Å². The summed E-state index contributed by atoms with van der Waals surface area (Å²) in [5.74, 6) is -1.10. The molecule has 0 aliphatic carbocycles. The minimum Gasteiger partial charge on any atom is -0.395 e. The van der Waals surface area contributed by atoms with Gasteiger partial charge >= 0.3 is 0 Å². The highest BCUT2D eigenvalue weighted by Crippen LogP contribution is 2.28. The molecule has 0 saturated heterocycles. The van der Waals surface area contributed by atoms with Crippen LogP contribution in [0.15, 0.2) is 30.9 Å². The third kappa shape index (κ3) is 2.12. The smallest absolute Gasteiger partial charge is 0.296 e. The van der Waals surface area contributed by atoms with E-state index in [1.54, 1.807) is 24.3 Å². The maximum Gasteiger partial charge on any atom is 0.296 e. The molecule has 1 heterocycles. The van der Waals surface area contributed by atoms with Crippen LogP contribution in [-0.2, 0) is 4.79 Å². The summed E-state index contributed by atoms with van der Waals surface area (Å²) >= 11 is 0. The van der Waals surface area contributed by atoms with Gasteiger partial charge in [0.05, 0.1) is 17.9 Å². The number of amides is 1. The average molecular weight is 246 g/mol. The van der Waals surface area contributed by atoms with Crippen molar-refractivity contribution in [2.45, 2.75) is 0 Å². The molecule has 94 valence electrons. The molecule has 0 atom stereocenters. The molecule has 0 aromatic heterocycles. The highest BCUT2D eigenvalue weighted by molar-refractivity contribution is 6.51. The number of hydrogen-bond acceptors (Lipinski definition) is 4. The minimum atomic E-state index is -0.598. The second kappa shape index (κ2) is 5.01. The monoisotopic (exact) mass is 246 g/mol. The molecule has 5 nitrogen and oxygen atoms in total. The van der Waals surface area contributed by atoms with Gasteiger partial charge in [-0.15, -0.1) is 6.58 Å². The fourth-order valence-corrected chi connectivity index (χ4v) is 1.93. The number of aliphatic hydroxyl groups is 1. The first-order valence-electron chi connectivity index (χ1n) is 5.64. The van der Waals surface area contributed by atoms with Crippen molar-refractivity contribution in [2.24, 2.45) is 0 Å². The zero-order valence-corrected chi connectivity index (χ0v) is 9.85. The molecular formula is C13H14N2O3. The zero-order valence-electron chi connectivity index (χ0n) is 9.85. The minimum absolute atomic E-state index is 0.0240. The Bertz CT molecular complexity index is 511. The summed E-state index contributed by atoms with van der Waals surface area (Å²) in [7, 11) is 0. The number of ketones is 1. The summed E-state index contributed by atoms with van der Waals surface area (Å²) in [6, 6.07) is 5.12. The van der Waals surface area contributed by atoms with Crippen LogP contribution in [-0.4, -0.2) is 36.5 Å². The summed E-state index contributed by atoms with van der Waals surface area (Å²) in [6.45, 7) is 4.73. The van der Waals surface area contributed by atoms with Crippen molar-refractivity contribution >= 4 is 23.1 Å². The van der Waals surface area contributed by atoms with Crippen molar-refractivity contribution < 1.29 is 14.7 Å². The van der Waals surface area contributed by atoms with Gasteiger partial charge in [-0.2, -0.15) is 0 Å². The third-order valence-corrected chi connectivity index (χ3v) is 2.79. The molecular weight excluding hydrogens is 232 g/mol. The van der Waals surface area contributed by atoms with Crippen molar-refractivity contribution in [1.29, 1.82) is 0 Å². The van der Waals surface area contributed by atoms with Gasteiger partial charge in [-0.05, 0) is 18.2 Å². The summed E-state index contributed by atoms with van der Waals surface area (Å²) in [4.78, 5) is 24.6. The van der Waals surface area contributed by atoms with Crippen LogP contribution in [0.2, 0.25) is 0 Å². The number of aliphatic hydroxyl groups excluding tert-OH is 1. The number of nitrogens with zero attached hydrogens (tertiary/aromatic N) is 1. The van der Waals surface area contributed by atoms with Crippen LogP contribution in [0.5, 0.6) is 0 Å². The number of benzene rings is 1. The fourth-order valence-electron chi connectivity index (χ4n) is 1.93. The molecule has 5 heteroatoms. The third-order valence-electron chi connectivity index (χ3n) is 2.79. The quantitative estimate of drug-likeness (QED) is 0.595. The Hall–Kier alpha value is -2.14. The standard InChI is InChI=1S/C13H14N2O3/c1-2-5-15(6-7-16)9-3-4-10-11(8-9)14-13(18)12(10)17/h2-4,8,16H,1,5-7H2,(H,14,17,18). The van der Waals surface area contributed by atoms with E-state index in [2.05, 4.69) is 11.9 Å². The molecule has 1 aliphatic heterocycles. The van der Waals surface area contributed by atoms with Gasteiger partial charge in [-0.25, -0.2) is 0 Å². The van der Waals surface area contributed by atoms with Gasteiger partial charge in [0.15, 0.2) is 0 Å². The molecule has 0 fully saturated rings. The molecule has 0 unspecified atom stereocenters. The zero-order chi connectivity index (χ0) is 13.1. The van der Waals surface area contributed by atoms with Gasteiger partial charge in [0.25, 0.3) is 11.7 Å². The first-order valence-corrected chi connectivity index (χ1v) is 5.64. The predicted molar refractivity (Wildman–Crippen MR) is 68.9 cm³/mol.